The Labute approximate surface area is 195 Å². The number of carboxylic acid groups (broad SMARTS) is 4. The first-order valence-corrected chi connectivity index (χ1v) is 8.99. The highest BCUT2D eigenvalue weighted by atomic mass is 16.6. The molecule has 15 nitrogen and oxygen atoms in total. The third-order valence-electron chi connectivity index (χ3n) is 2.94. The summed E-state index contributed by atoms with van der Waals surface area (Å²) >= 11 is 0. The maximum absolute atomic E-state index is 11.7. The molecule has 0 aliphatic carbocycles. The van der Waals surface area contributed by atoms with Crippen molar-refractivity contribution in [2.24, 2.45) is 5.41 Å². The highest BCUT2D eigenvalue weighted by Crippen LogP contribution is 2.36. The van der Waals surface area contributed by atoms with Crippen LogP contribution in [-0.4, -0.2) is 103 Å². The zero-order valence-electron chi connectivity index (χ0n) is 20.0. The minimum atomic E-state index is -2.39. The summed E-state index contributed by atoms with van der Waals surface area (Å²) in [7, 11) is 0. The molecule has 0 rings (SSSR count). The van der Waals surface area contributed by atoms with Crippen molar-refractivity contribution in [3.05, 3.63) is 0 Å². The Balaban J connectivity index is -0.000000141. The Hall–Kier alpha value is -3.43. The SMILES string of the molecule is CC(=O)O.CC(=O)O.CC(=O)O.CC(=O)O.CC(=O)OC(C(C)=O)(C(C)=O)C(CO)(CO)CO. The number of carbonyl (C=O) groups excluding carboxylic acids is 3. The lowest BCUT2D eigenvalue weighted by molar-refractivity contribution is -0.199. The fourth-order valence-electron chi connectivity index (χ4n) is 1.95. The van der Waals surface area contributed by atoms with Gasteiger partial charge in [-0.2, -0.15) is 0 Å². The lowest BCUT2D eigenvalue weighted by Crippen LogP contribution is -2.65. The van der Waals surface area contributed by atoms with E-state index in [-0.39, 0.29) is 0 Å². The van der Waals surface area contributed by atoms with E-state index >= 15 is 0 Å². The topological polar surface area (TPSA) is 270 Å². The Bertz CT molecular complexity index is 591. The molecule has 0 amide bonds. The first kappa shape index (κ1) is 40.9. The average molecular weight is 502 g/mol. The number of aliphatic carboxylic acids is 4. The van der Waals surface area contributed by atoms with Crippen LogP contribution in [0.1, 0.15) is 48.5 Å². The van der Waals surface area contributed by atoms with Gasteiger partial charge in [0.15, 0.2) is 11.6 Å². The van der Waals surface area contributed by atoms with Gasteiger partial charge in [-0.25, -0.2) is 0 Å². The fraction of sp³-hybridized carbons (Fsp3) is 0.632. The monoisotopic (exact) mass is 502 g/mol. The van der Waals surface area contributed by atoms with E-state index in [9.17, 15) is 29.7 Å². The number of aliphatic hydroxyl groups excluding tert-OH is 3. The molecule has 0 aromatic rings. The van der Waals surface area contributed by atoms with E-state index in [1.807, 2.05) is 0 Å². The molecule has 0 aliphatic heterocycles. The predicted molar refractivity (Wildman–Crippen MR) is 113 cm³/mol. The van der Waals surface area contributed by atoms with E-state index in [4.69, 9.17) is 44.3 Å². The Morgan fingerprint density at radius 1 is 0.529 bits per heavy atom. The van der Waals surface area contributed by atoms with Crippen molar-refractivity contribution in [1.29, 1.82) is 0 Å². The van der Waals surface area contributed by atoms with E-state index in [1.165, 1.54) is 0 Å². The van der Waals surface area contributed by atoms with Crippen LogP contribution in [0.5, 0.6) is 0 Å². The molecule has 0 bridgehead atoms. The lowest BCUT2D eigenvalue weighted by Gasteiger charge is -2.43. The molecular weight excluding hydrogens is 468 g/mol. The summed E-state index contributed by atoms with van der Waals surface area (Å²) < 4.78 is 4.78. The number of carboxylic acids is 4. The number of ketones is 2. The Morgan fingerprint density at radius 2 is 0.706 bits per heavy atom. The van der Waals surface area contributed by atoms with E-state index in [1.54, 1.807) is 0 Å². The highest BCUT2D eigenvalue weighted by molar-refractivity contribution is 6.11. The van der Waals surface area contributed by atoms with Crippen LogP contribution in [0.3, 0.4) is 0 Å². The number of aliphatic hydroxyl groups is 3. The Kier molecular flexibility index (Phi) is 25.8. The van der Waals surface area contributed by atoms with Crippen molar-refractivity contribution < 1.29 is 74.0 Å². The molecule has 0 aromatic heterocycles. The molecule has 0 unspecified atom stereocenters. The summed E-state index contributed by atoms with van der Waals surface area (Å²) in [5.41, 5.74) is -4.35. The number of Topliss-reactive ketones (excluding diaryl/α,β-unsaturated/α-hetero) is 2. The van der Waals surface area contributed by atoms with Gasteiger partial charge in [0.2, 0.25) is 5.60 Å². The van der Waals surface area contributed by atoms with E-state index < -0.39 is 72.2 Å². The maximum Gasteiger partial charge on any atom is 0.304 e. The van der Waals surface area contributed by atoms with Crippen LogP contribution in [0.15, 0.2) is 0 Å². The molecule has 200 valence electrons. The zero-order chi connectivity index (χ0) is 28.9. The number of esters is 1. The smallest absolute Gasteiger partial charge is 0.304 e. The van der Waals surface area contributed by atoms with Crippen LogP contribution in [0, 0.1) is 5.41 Å². The highest BCUT2D eigenvalue weighted by Gasteiger charge is 2.60. The molecule has 0 atom stereocenters. The van der Waals surface area contributed by atoms with Crippen molar-refractivity contribution in [2.75, 3.05) is 19.8 Å². The van der Waals surface area contributed by atoms with Gasteiger partial charge in [0.25, 0.3) is 23.9 Å². The van der Waals surface area contributed by atoms with Crippen LogP contribution in [0.4, 0.5) is 0 Å². The van der Waals surface area contributed by atoms with Crippen LogP contribution in [0.25, 0.3) is 0 Å². The van der Waals surface area contributed by atoms with Crippen molar-refractivity contribution in [3.63, 3.8) is 0 Å². The van der Waals surface area contributed by atoms with Crippen LogP contribution < -0.4 is 0 Å². The summed E-state index contributed by atoms with van der Waals surface area (Å²) in [5, 5.41) is 57.6. The summed E-state index contributed by atoms with van der Waals surface area (Å²) in [6, 6.07) is 0. The van der Waals surface area contributed by atoms with Gasteiger partial charge < -0.3 is 40.5 Å². The molecule has 0 spiro atoms. The van der Waals surface area contributed by atoms with Crippen molar-refractivity contribution in [1.82, 2.24) is 0 Å². The summed E-state index contributed by atoms with van der Waals surface area (Å²) in [6.45, 7) is 4.60. The second kappa shape index (κ2) is 21.4. The van der Waals surface area contributed by atoms with Crippen molar-refractivity contribution in [3.8, 4) is 0 Å². The van der Waals surface area contributed by atoms with Gasteiger partial charge in [0.1, 0.15) is 0 Å². The summed E-state index contributed by atoms with van der Waals surface area (Å²) in [6.07, 6.45) is 0. The van der Waals surface area contributed by atoms with E-state index in [0.29, 0.717) is 0 Å². The number of carbonyl (C=O) groups is 7. The van der Waals surface area contributed by atoms with Gasteiger partial charge in [-0.15, -0.1) is 0 Å². The molecule has 0 aromatic carbocycles. The van der Waals surface area contributed by atoms with Gasteiger partial charge in [0, 0.05) is 34.6 Å². The minimum Gasteiger partial charge on any atom is -0.481 e. The quantitative estimate of drug-likeness (QED) is 0.159. The van der Waals surface area contributed by atoms with Gasteiger partial charge in [-0.1, -0.05) is 0 Å². The normalized spacial score (nSPS) is 9.35. The lowest BCUT2D eigenvalue weighted by atomic mass is 9.68. The minimum absolute atomic E-state index is 0.833. The molecule has 0 fully saturated rings. The van der Waals surface area contributed by atoms with Gasteiger partial charge >= 0.3 is 5.97 Å². The van der Waals surface area contributed by atoms with E-state index in [0.717, 1.165) is 48.5 Å². The summed E-state index contributed by atoms with van der Waals surface area (Å²) in [4.78, 5) is 70.6. The molecule has 34 heavy (non-hydrogen) atoms. The van der Waals surface area contributed by atoms with Gasteiger partial charge in [-0.05, 0) is 13.8 Å². The van der Waals surface area contributed by atoms with Crippen molar-refractivity contribution >= 4 is 41.4 Å². The van der Waals surface area contributed by atoms with Crippen LogP contribution in [0.2, 0.25) is 0 Å². The van der Waals surface area contributed by atoms with Gasteiger partial charge in [0.05, 0.1) is 25.2 Å². The standard InChI is InChI=1S/C11H18O7.4C2H4O2/c1-7(15)11(8(2)16,18-9(3)17)10(4-12,5-13)6-14;4*1-2(3)4/h12-14H,4-6H2,1-3H3;4*1H3,(H,3,4). The first-order valence-electron chi connectivity index (χ1n) is 8.99. The predicted octanol–water partition coefficient (Wildman–Crippen LogP) is -1.21. The second-order valence-corrected chi connectivity index (χ2v) is 6.22. The molecule has 7 N–H and O–H groups in total. The molecule has 0 aliphatic rings. The van der Waals surface area contributed by atoms with E-state index in [2.05, 4.69) is 0 Å². The molecular formula is C19H34O15. The number of hydrogen-bond acceptors (Lipinski definition) is 11. The summed E-state index contributed by atoms with van der Waals surface area (Å²) in [5.74, 6) is -6.01. The second-order valence-electron chi connectivity index (χ2n) is 6.22. The molecule has 0 saturated carbocycles. The molecule has 15 heteroatoms. The molecule has 0 saturated heterocycles. The zero-order valence-corrected chi connectivity index (χ0v) is 20.0. The maximum atomic E-state index is 11.7. The Morgan fingerprint density at radius 3 is 0.794 bits per heavy atom. The van der Waals surface area contributed by atoms with Gasteiger partial charge in [-0.3, -0.25) is 33.6 Å². The first-order chi connectivity index (χ1) is 15.2. The number of rotatable bonds is 7. The van der Waals surface area contributed by atoms with Crippen LogP contribution in [-0.2, 0) is 38.3 Å². The third kappa shape index (κ3) is 21.8. The molecule has 0 radical (unpaired) electrons. The fourth-order valence-corrected chi connectivity index (χ4v) is 1.95. The largest absolute Gasteiger partial charge is 0.481 e. The van der Waals surface area contributed by atoms with Crippen LogP contribution >= 0.6 is 0 Å². The number of hydrogen-bond donors (Lipinski definition) is 7. The molecule has 0 heterocycles. The average Bonchev–Trinajstić information content (AvgIpc) is 2.59. The van der Waals surface area contributed by atoms with Crippen molar-refractivity contribution in [2.45, 2.75) is 54.1 Å². The number of ether oxygens (including phenoxy) is 1. The third-order valence-corrected chi connectivity index (χ3v) is 2.94.